The molecular formula is C13H17F2N3O2. The Morgan fingerprint density at radius 1 is 1.35 bits per heavy atom. The summed E-state index contributed by atoms with van der Waals surface area (Å²) in [7, 11) is 0. The van der Waals surface area contributed by atoms with Crippen molar-refractivity contribution in [2.75, 3.05) is 18.0 Å². The largest absolute Gasteiger partial charge is 0.368 e. The monoisotopic (exact) mass is 285 g/mol. The van der Waals surface area contributed by atoms with E-state index in [-0.39, 0.29) is 23.3 Å². The van der Waals surface area contributed by atoms with Gasteiger partial charge in [-0.2, -0.15) is 0 Å². The van der Waals surface area contributed by atoms with E-state index in [0.717, 1.165) is 6.07 Å². The Morgan fingerprint density at radius 2 is 1.95 bits per heavy atom. The van der Waals surface area contributed by atoms with Crippen LogP contribution in [0.4, 0.5) is 20.2 Å². The normalized spacial score (nSPS) is 23.1. The molecule has 0 bridgehead atoms. The van der Waals surface area contributed by atoms with Crippen molar-refractivity contribution in [2.45, 2.75) is 32.4 Å². The smallest absolute Gasteiger partial charge is 0.270 e. The Kier molecular flexibility index (Phi) is 4.17. The third kappa shape index (κ3) is 3.04. The van der Waals surface area contributed by atoms with Crippen LogP contribution in [0, 0.1) is 10.1 Å². The molecule has 2 unspecified atom stereocenters. The maximum atomic E-state index is 13.2. The summed E-state index contributed by atoms with van der Waals surface area (Å²) in [6.45, 7) is 5.16. The Balaban J connectivity index is 2.37. The summed E-state index contributed by atoms with van der Waals surface area (Å²) in [5, 5.41) is 14.0. The average Bonchev–Trinajstić information content (AvgIpc) is 2.36. The predicted molar refractivity (Wildman–Crippen MR) is 72.3 cm³/mol. The third-order valence-electron chi connectivity index (χ3n) is 3.36. The predicted octanol–water partition coefficient (Wildman–Crippen LogP) is 2.72. The van der Waals surface area contributed by atoms with E-state index in [1.54, 1.807) is 0 Å². The van der Waals surface area contributed by atoms with E-state index in [4.69, 9.17) is 0 Å². The highest BCUT2D eigenvalue weighted by Crippen LogP contribution is 2.33. The Labute approximate surface area is 115 Å². The van der Waals surface area contributed by atoms with Crippen LogP contribution in [0.2, 0.25) is 0 Å². The van der Waals surface area contributed by atoms with Gasteiger partial charge in [0.1, 0.15) is 0 Å². The number of halogens is 2. The summed E-state index contributed by atoms with van der Waals surface area (Å²) in [4.78, 5) is 11.9. The van der Waals surface area contributed by atoms with Gasteiger partial charge in [0, 0.05) is 48.6 Å². The summed E-state index contributed by atoms with van der Waals surface area (Å²) in [5.74, 6) is 0. The van der Waals surface area contributed by atoms with Crippen LogP contribution < -0.4 is 10.2 Å². The Morgan fingerprint density at radius 3 is 2.45 bits per heavy atom. The van der Waals surface area contributed by atoms with Crippen LogP contribution in [0.5, 0.6) is 0 Å². The van der Waals surface area contributed by atoms with Crippen LogP contribution in [0.15, 0.2) is 18.2 Å². The molecule has 1 aromatic rings. The number of nitro groups is 1. The number of benzene rings is 1. The molecule has 1 fully saturated rings. The van der Waals surface area contributed by atoms with Crippen molar-refractivity contribution in [3.8, 4) is 0 Å². The fourth-order valence-electron chi connectivity index (χ4n) is 2.64. The van der Waals surface area contributed by atoms with Crippen LogP contribution in [0.1, 0.15) is 25.8 Å². The molecule has 7 heteroatoms. The van der Waals surface area contributed by atoms with E-state index < -0.39 is 11.3 Å². The minimum atomic E-state index is -2.73. The van der Waals surface area contributed by atoms with E-state index >= 15 is 0 Å². The first-order valence-corrected chi connectivity index (χ1v) is 6.46. The number of anilines is 1. The molecule has 5 nitrogen and oxygen atoms in total. The first-order valence-electron chi connectivity index (χ1n) is 6.46. The number of nitrogens with one attached hydrogen (secondary N) is 1. The van der Waals surface area contributed by atoms with Gasteiger partial charge in [0.25, 0.3) is 12.1 Å². The molecule has 0 spiro atoms. The number of nitrogens with zero attached hydrogens (tertiary/aromatic N) is 2. The minimum absolute atomic E-state index is 0.180. The highest BCUT2D eigenvalue weighted by Gasteiger charge is 2.26. The third-order valence-corrected chi connectivity index (χ3v) is 3.36. The van der Waals surface area contributed by atoms with E-state index in [1.807, 2.05) is 18.7 Å². The lowest BCUT2D eigenvalue weighted by molar-refractivity contribution is -0.385. The number of hydrogen-bond acceptors (Lipinski definition) is 4. The molecule has 0 aliphatic carbocycles. The average molecular weight is 285 g/mol. The molecule has 2 atom stereocenters. The van der Waals surface area contributed by atoms with Gasteiger partial charge in [0.2, 0.25) is 0 Å². The highest BCUT2D eigenvalue weighted by atomic mass is 19.3. The molecule has 0 amide bonds. The van der Waals surface area contributed by atoms with Gasteiger partial charge in [-0.3, -0.25) is 10.1 Å². The van der Waals surface area contributed by atoms with Gasteiger partial charge >= 0.3 is 0 Å². The topological polar surface area (TPSA) is 58.4 Å². The van der Waals surface area contributed by atoms with E-state index in [2.05, 4.69) is 5.32 Å². The zero-order valence-electron chi connectivity index (χ0n) is 11.3. The van der Waals surface area contributed by atoms with Crippen molar-refractivity contribution in [3.05, 3.63) is 33.9 Å². The van der Waals surface area contributed by atoms with Crippen LogP contribution in [-0.2, 0) is 0 Å². The molecule has 1 aromatic carbocycles. The Bertz CT molecular complexity index is 500. The fourth-order valence-corrected chi connectivity index (χ4v) is 2.64. The molecule has 1 aliphatic heterocycles. The first kappa shape index (κ1) is 14.6. The lowest BCUT2D eigenvalue weighted by Crippen LogP contribution is -2.54. The van der Waals surface area contributed by atoms with Crippen LogP contribution in [-0.4, -0.2) is 30.1 Å². The Hall–Kier alpha value is -1.76. The molecule has 0 radical (unpaired) electrons. The summed E-state index contributed by atoms with van der Waals surface area (Å²) < 4.78 is 26.3. The van der Waals surface area contributed by atoms with Gasteiger partial charge in [0.15, 0.2) is 0 Å². The maximum absolute atomic E-state index is 13.2. The second-order valence-electron chi connectivity index (χ2n) is 5.17. The van der Waals surface area contributed by atoms with Gasteiger partial charge in [-0.05, 0) is 19.9 Å². The molecule has 110 valence electrons. The van der Waals surface area contributed by atoms with Crippen molar-refractivity contribution in [2.24, 2.45) is 0 Å². The van der Waals surface area contributed by atoms with Gasteiger partial charge in [0.05, 0.1) is 4.92 Å². The van der Waals surface area contributed by atoms with Crippen molar-refractivity contribution in [1.82, 2.24) is 5.32 Å². The lowest BCUT2D eigenvalue weighted by atomic mass is 10.1. The standard InChI is InChI=1S/C13H17F2N3O2/c1-8-6-17(7-9(2)16-8)12-4-3-10(18(19)20)5-11(12)13(14)15/h3-5,8-9,13,16H,6-7H2,1-2H3. The SMILES string of the molecule is CC1CN(c2ccc([N+](=O)[O-])cc2C(F)F)CC(C)N1. The van der Waals surface area contributed by atoms with E-state index in [9.17, 15) is 18.9 Å². The minimum Gasteiger partial charge on any atom is -0.368 e. The second-order valence-corrected chi connectivity index (χ2v) is 5.17. The van der Waals surface area contributed by atoms with Crippen LogP contribution in [0.3, 0.4) is 0 Å². The summed E-state index contributed by atoms with van der Waals surface area (Å²) in [6.07, 6.45) is -2.73. The lowest BCUT2D eigenvalue weighted by Gasteiger charge is -2.38. The van der Waals surface area contributed by atoms with Crippen molar-refractivity contribution in [1.29, 1.82) is 0 Å². The van der Waals surface area contributed by atoms with Gasteiger partial charge in [-0.15, -0.1) is 0 Å². The molecular weight excluding hydrogens is 268 g/mol. The van der Waals surface area contributed by atoms with Crippen molar-refractivity contribution in [3.63, 3.8) is 0 Å². The molecule has 1 saturated heterocycles. The van der Waals surface area contributed by atoms with Gasteiger partial charge in [-0.25, -0.2) is 8.78 Å². The van der Waals surface area contributed by atoms with Crippen molar-refractivity contribution >= 4 is 11.4 Å². The summed E-state index contributed by atoms with van der Waals surface area (Å²) >= 11 is 0. The quantitative estimate of drug-likeness (QED) is 0.685. The summed E-state index contributed by atoms with van der Waals surface area (Å²) in [6, 6.07) is 4.03. The molecule has 20 heavy (non-hydrogen) atoms. The number of non-ortho nitro benzene ring substituents is 1. The first-order chi connectivity index (χ1) is 9.38. The maximum Gasteiger partial charge on any atom is 0.270 e. The molecule has 1 heterocycles. The summed E-state index contributed by atoms with van der Waals surface area (Å²) in [5.41, 5.74) is -0.202. The number of nitro benzene ring substituents is 1. The fraction of sp³-hybridized carbons (Fsp3) is 0.538. The van der Waals surface area contributed by atoms with Crippen LogP contribution in [0.25, 0.3) is 0 Å². The zero-order chi connectivity index (χ0) is 14.9. The van der Waals surface area contributed by atoms with Gasteiger partial charge in [-0.1, -0.05) is 0 Å². The highest BCUT2D eigenvalue weighted by molar-refractivity contribution is 5.59. The number of piperazine rings is 1. The molecule has 0 saturated carbocycles. The van der Waals surface area contributed by atoms with Crippen LogP contribution >= 0.6 is 0 Å². The molecule has 0 aromatic heterocycles. The number of hydrogen-bond donors (Lipinski definition) is 1. The zero-order valence-corrected chi connectivity index (χ0v) is 11.3. The molecule has 1 aliphatic rings. The van der Waals surface area contributed by atoms with Gasteiger partial charge < -0.3 is 10.2 Å². The molecule has 2 rings (SSSR count). The van der Waals surface area contributed by atoms with Crippen molar-refractivity contribution < 1.29 is 13.7 Å². The van der Waals surface area contributed by atoms with E-state index in [1.165, 1.54) is 12.1 Å². The second kappa shape index (κ2) is 5.70. The number of rotatable bonds is 3. The van der Waals surface area contributed by atoms with E-state index in [0.29, 0.717) is 18.8 Å². The number of alkyl halides is 2. The molecule has 1 N–H and O–H groups in total.